The molecule has 238 valence electrons. The molecule has 0 aliphatic carbocycles. The van der Waals surface area contributed by atoms with Crippen LogP contribution in [0, 0.1) is 20.8 Å². The van der Waals surface area contributed by atoms with E-state index in [1.54, 1.807) is 6.20 Å². The van der Waals surface area contributed by atoms with E-state index in [9.17, 15) is 4.79 Å². The van der Waals surface area contributed by atoms with Crippen molar-refractivity contribution in [2.24, 2.45) is 0 Å². The molecule has 3 aromatic rings. The summed E-state index contributed by atoms with van der Waals surface area (Å²) in [4.78, 5) is 25.4. The molecule has 1 aromatic heterocycles. The molecule has 0 amide bonds. The molecular weight excluding hydrogens is 544 g/mol. The lowest BCUT2D eigenvalue weighted by molar-refractivity contribution is -0.143. The number of rotatable bonds is 10. The molecular formula is C34H52N4O5. The second-order valence-corrected chi connectivity index (χ2v) is 10.0. The molecule has 9 heteroatoms. The molecule has 2 atom stereocenters. The Kier molecular flexibility index (Phi) is 18.0. The highest BCUT2D eigenvalue weighted by molar-refractivity contribution is 5.75. The zero-order valence-corrected chi connectivity index (χ0v) is 27.4. The number of carbonyl (C=O) groups is 2. The molecule has 0 spiro atoms. The SMILES string of the molecule is CC(=O)O.CCOC(=O)CC(c1ccc(C)c(CC)c1)c1ccc(NC)c(N)c1C.CC[C@@H](C)Oc1cccnc1C.N. The maximum Gasteiger partial charge on any atom is 0.306 e. The van der Waals surface area contributed by atoms with Gasteiger partial charge in [-0.25, -0.2) is 0 Å². The highest BCUT2D eigenvalue weighted by atomic mass is 16.5. The van der Waals surface area contributed by atoms with E-state index in [1.807, 2.05) is 46.0 Å². The number of anilines is 2. The quantitative estimate of drug-likeness (QED) is 0.138. The molecule has 1 unspecified atom stereocenters. The summed E-state index contributed by atoms with van der Waals surface area (Å²) in [6.07, 6.45) is 4.34. The number of ether oxygens (including phenoxy) is 2. The van der Waals surface area contributed by atoms with Crippen molar-refractivity contribution in [1.29, 1.82) is 0 Å². The maximum atomic E-state index is 12.3. The number of aryl methyl sites for hydroxylation is 3. The fraction of sp³-hybridized carbons (Fsp3) is 0.441. The number of benzene rings is 2. The first kappa shape index (κ1) is 38.9. The smallest absolute Gasteiger partial charge is 0.306 e. The summed E-state index contributed by atoms with van der Waals surface area (Å²) in [6, 6.07) is 14.3. The monoisotopic (exact) mass is 596 g/mol. The highest BCUT2D eigenvalue weighted by Crippen LogP contribution is 2.36. The van der Waals surface area contributed by atoms with Crippen LogP contribution in [0.5, 0.6) is 5.75 Å². The van der Waals surface area contributed by atoms with Gasteiger partial charge >= 0.3 is 5.97 Å². The topological polar surface area (TPSA) is 159 Å². The van der Waals surface area contributed by atoms with Crippen LogP contribution in [-0.4, -0.2) is 41.8 Å². The molecule has 3 rings (SSSR count). The Morgan fingerprint density at radius 1 is 1.07 bits per heavy atom. The van der Waals surface area contributed by atoms with E-state index in [-0.39, 0.29) is 24.1 Å². The van der Waals surface area contributed by atoms with Crippen molar-refractivity contribution in [3.8, 4) is 5.75 Å². The third-order valence-electron chi connectivity index (χ3n) is 6.90. The molecule has 0 aliphatic rings. The number of carboxylic acids is 1. The van der Waals surface area contributed by atoms with Crippen LogP contribution >= 0.6 is 0 Å². The van der Waals surface area contributed by atoms with Gasteiger partial charge in [0.1, 0.15) is 5.75 Å². The van der Waals surface area contributed by atoms with Gasteiger partial charge in [0.15, 0.2) is 0 Å². The average Bonchev–Trinajstić information content (AvgIpc) is 2.95. The summed E-state index contributed by atoms with van der Waals surface area (Å²) < 4.78 is 10.9. The lowest BCUT2D eigenvalue weighted by Crippen LogP contribution is -2.14. The summed E-state index contributed by atoms with van der Waals surface area (Å²) in [7, 11) is 1.86. The zero-order valence-electron chi connectivity index (χ0n) is 27.4. The van der Waals surface area contributed by atoms with Gasteiger partial charge in [-0.05, 0) is 93.5 Å². The summed E-state index contributed by atoms with van der Waals surface area (Å²) in [5.74, 6) is -0.202. The Labute approximate surface area is 257 Å². The molecule has 0 fully saturated rings. The minimum absolute atomic E-state index is 0. The van der Waals surface area contributed by atoms with Crippen LogP contribution in [0.3, 0.4) is 0 Å². The number of pyridine rings is 1. The third-order valence-corrected chi connectivity index (χ3v) is 6.90. The predicted octanol–water partition coefficient (Wildman–Crippen LogP) is 7.40. The van der Waals surface area contributed by atoms with E-state index >= 15 is 0 Å². The molecule has 0 saturated heterocycles. The number of carboxylic acid groups (broad SMARTS) is 1. The highest BCUT2D eigenvalue weighted by Gasteiger charge is 2.23. The standard InChI is InChI=1S/C22H30N2O2.C10H15NO.C2H4O2.H3N/c1-6-16-12-17(9-8-14(16)3)19(13-21(25)26-7-2)18-10-11-20(24-5)22(23)15(18)4;1-4-8(2)12-10-6-5-7-11-9(10)3;1-2(3)4;/h8-12,19,24H,6-7,13,23H2,1-5H3;5-8H,4H2,1-3H3;1H3,(H,3,4);1H3/t;8-;;/m.1../s1. The van der Waals surface area contributed by atoms with Crippen molar-refractivity contribution < 1.29 is 24.2 Å². The Balaban J connectivity index is 0.000000862. The minimum Gasteiger partial charge on any atom is -0.489 e. The number of aromatic nitrogens is 1. The van der Waals surface area contributed by atoms with E-state index in [4.69, 9.17) is 25.1 Å². The van der Waals surface area contributed by atoms with Crippen molar-refractivity contribution >= 4 is 23.3 Å². The molecule has 9 nitrogen and oxygen atoms in total. The van der Waals surface area contributed by atoms with Gasteiger partial charge in [-0.15, -0.1) is 0 Å². The number of hydrogen-bond donors (Lipinski definition) is 4. The first-order valence-corrected chi connectivity index (χ1v) is 14.5. The van der Waals surface area contributed by atoms with Crippen molar-refractivity contribution in [2.45, 2.75) is 86.7 Å². The maximum absolute atomic E-state index is 12.3. The molecule has 2 aromatic carbocycles. The van der Waals surface area contributed by atoms with E-state index in [1.165, 1.54) is 11.1 Å². The predicted molar refractivity (Wildman–Crippen MR) is 176 cm³/mol. The number of hydrogen-bond acceptors (Lipinski definition) is 8. The molecule has 7 N–H and O–H groups in total. The normalized spacial score (nSPS) is 11.3. The summed E-state index contributed by atoms with van der Waals surface area (Å²) >= 11 is 0. The Morgan fingerprint density at radius 2 is 1.72 bits per heavy atom. The molecule has 0 aliphatic heterocycles. The number of nitrogens with one attached hydrogen (secondary N) is 1. The zero-order chi connectivity index (χ0) is 31.8. The number of aliphatic carboxylic acids is 1. The first-order valence-electron chi connectivity index (χ1n) is 14.5. The number of carbonyl (C=O) groups excluding carboxylic acids is 1. The van der Waals surface area contributed by atoms with Crippen LogP contribution in [0.2, 0.25) is 0 Å². The van der Waals surface area contributed by atoms with Gasteiger partial charge in [0.05, 0.1) is 36.2 Å². The Hall–Kier alpha value is -4.11. The van der Waals surface area contributed by atoms with Gasteiger partial charge in [-0.1, -0.05) is 38.1 Å². The lowest BCUT2D eigenvalue weighted by atomic mass is 9.84. The average molecular weight is 597 g/mol. The fourth-order valence-electron chi connectivity index (χ4n) is 4.32. The van der Waals surface area contributed by atoms with Crippen LogP contribution < -0.4 is 21.9 Å². The van der Waals surface area contributed by atoms with Crippen LogP contribution in [0.1, 0.15) is 86.9 Å². The number of esters is 1. The molecule has 0 bridgehead atoms. The van der Waals surface area contributed by atoms with Crippen LogP contribution in [0.15, 0.2) is 48.7 Å². The van der Waals surface area contributed by atoms with Gasteiger partial charge in [-0.2, -0.15) is 0 Å². The van der Waals surface area contributed by atoms with E-state index in [2.05, 4.69) is 62.3 Å². The van der Waals surface area contributed by atoms with Gasteiger partial charge in [0.25, 0.3) is 5.97 Å². The molecule has 1 heterocycles. The molecule has 43 heavy (non-hydrogen) atoms. The number of nitrogen functional groups attached to an aromatic ring is 1. The number of nitrogens with two attached hydrogens (primary N) is 1. The van der Waals surface area contributed by atoms with Crippen LogP contribution in [0.4, 0.5) is 11.4 Å². The van der Waals surface area contributed by atoms with Crippen molar-refractivity contribution in [3.05, 3.63) is 82.2 Å². The summed E-state index contributed by atoms with van der Waals surface area (Å²) in [5, 5.41) is 10.5. The van der Waals surface area contributed by atoms with Crippen LogP contribution in [0.25, 0.3) is 0 Å². The molecule has 0 radical (unpaired) electrons. The van der Waals surface area contributed by atoms with E-state index < -0.39 is 5.97 Å². The third kappa shape index (κ3) is 12.7. The van der Waals surface area contributed by atoms with E-state index in [0.717, 1.165) is 59.3 Å². The van der Waals surface area contributed by atoms with Gasteiger partial charge in [-0.3, -0.25) is 14.6 Å². The molecule has 0 saturated carbocycles. The fourth-order valence-corrected chi connectivity index (χ4v) is 4.32. The largest absolute Gasteiger partial charge is 0.489 e. The lowest BCUT2D eigenvalue weighted by Gasteiger charge is -2.22. The van der Waals surface area contributed by atoms with Gasteiger partial charge in [0.2, 0.25) is 0 Å². The van der Waals surface area contributed by atoms with Crippen molar-refractivity contribution in [3.63, 3.8) is 0 Å². The van der Waals surface area contributed by atoms with Crippen molar-refractivity contribution in [2.75, 3.05) is 24.7 Å². The summed E-state index contributed by atoms with van der Waals surface area (Å²) in [6.45, 7) is 15.7. The first-order chi connectivity index (χ1) is 19.9. The van der Waals surface area contributed by atoms with Crippen LogP contribution in [-0.2, 0) is 20.7 Å². The van der Waals surface area contributed by atoms with Gasteiger partial charge < -0.3 is 31.8 Å². The summed E-state index contributed by atoms with van der Waals surface area (Å²) in [5.41, 5.74) is 14.7. The second kappa shape index (κ2) is 19.9. The second-order valence-electron chi connectivity index (χ2n) is 10.0. The van der Waals surface area contributed by atoms with E-state index in [0.29, 0.717) is 13.0 Å². The van der Waals surface area contributed by atoms with Gasteiger partial charge in [0, 0.05) is 26.1 Å². The van der Waals surface area contributed by atoms with Crippen molar-refractivity contribution in [1.82, 2.24) is 11.1 Å². The number of nitrogens with zero attached hydrogens (tertiary/aromatic N) is 1. The Bertz CT molecular complexity index is 1290. The minimum atomic E-state index is -0.833. The Morgan fingerprint density at radius 3 is 2.26 bits per heavy atom.